The summed E-state index contributed by atoms with van der Waals surface area (Å²) >= 11 is 14.7. The Morgan fingerprint density at radius 2 is 2.08 bits per heavy atom. The quantitative estimate of drug-likeness (QED) is 0.532. The zero-order valence-electron chi connectivity index (χ0n) is 12.2. The van der Waals surface area contributed by atoms with E-state index in [1.54, 1.807) is 18.2 Å². The van der Waals surface area contributed by atoms with Crippen LogP contribution in [0.15, 0.2) is 47.4 Å². The molecular weight excluding hydrogens is 383 g/mol. The van der Waals surface area contributed by atoms with Crippen molar-refractivity contribution < 1.29 is 4.79 Å². The third-order valence-corrected chi connectivity index (χ3v) is 6.13. The highest BCUT2D eigenvalue weighted by Crippen LogP contribution is 2.32. The average Bonchev–Trinajstić information content (AvgIpc) is 3.00. The van der Waals surface area contributed by atoms with E-state index in [-0.39, 0.29) is 11.5 Å². The smallest absolute Gasteiger partial charge is 0.167 e. The van der Waals surface area contributed by atoms with Crippen molar-refractivity contribution in [3.63, 3.8) is 0 Å². The number of thiazole rings is 1. The molecule has 0 saturated heterocycles. The first kappa shape index (κ1) is 17.2. The van der Waals surface area contributed by atoms with Gasteiger partial charge < -0.3 is 0 Å². The Hall–Kier alpha value is -1.58. The van der Waals surface area contributed by atoms with E-state index >= 15 is 0 Å². The molecule has 0 fully saturated rings. The lowest BCUT2D eigenvalue weighted by Crippen LogP contribution is -2.13. The Balaban J connectivity index is 1.77. The highest BCUT2D eigenvalue weighted by molar-refractivity contribution is 8.00. The lowest BCUT2D eigenvalue weighted by molar-refractivity contribution is -0.116. The molecule has 0 aliphatic rings. The van der Waals surface area contributed by atoms with Gasteiger partial charge in [-0.15, -0.1) is 23.1 Å². The number of nitriles is 1. The molecule has 120 valence electrons. The van der Waals surface area contributed by atoms with Crippen molar-refractivity contribution in [2.24, 2.45) is 0 Å². The Bertz CT molecular complexity index is 916. The summed E-state index contributed by atoms with van der Waals surface area (Å²) in [6.07, 6.45) is 0. The second-order valence-corrected chi connectivity index (χ2v) is 7.83. The molecule has 3 aromatic rings. The van der Waals surface area contributed by atoms with Gasteiger partial charge in [-0.25, -0.2) is 4.98 Å². The van der Waals surface area contributed by atoms with E-state index in [1.807, 2.05) is 24.3 Å². The highest BCUT2D eigenvalue weighted by Gasteiger charge is 2.24. The lowest BCUT2D eigenvalue weighted by Gasteiger charge is -2.06. The fourth-order valence-corrected chi connectivity index (χ4v) is 4.53. The molecule has 0 aliphatic heterocycles. The van der Waals surface area contributed by atoms with Crippen LogP contribution in [0, 0.1) is 11.3 Å². The molecular formula is C17H10Cl2N2OS2. The molecule has 0 amide bonds. The summed E-state index contributed by atoms with van der Waals surface area (Å²) in [5.41, 5.74) is 0.802. The van der Waals surface area contributed by atoms with Crippen LogP contribution in [0.3, 0.4) is 0 Å². The van der Waals surface area contributed by atoms with Crippen LogP contribution in [-0.4, -0.2) is 16.5 Å². The minimum absolute atomic E-state index is 0.133. The van der Waals surface area contributed by atoms with Gasteiger partial charge in [-0.1, -0.05) is 35.3 Å². The summed E-state index contributed by atoms with van der Waals surface area (Å²) in [4.78, 5) is 17.6. The molecule has 0 aliphatic carbocycles. The van der Waals surface area contributed by atoms with Gasteiger partial charge in [0.1, 0.15) is 5.01 Å². The standard InChI is InChI=1S/C17H10Cl2N2OS2/c18-10-5-6-12(19)16(7-10)23-9-14(22)11(8-20)17-21-13-3-1-2-4-15(13)24-17/h1-7,11H,9H2/t11-/m0/s1. The Morgan fingerprint density at radius 3 is 2.83 bits per heavy atom. The molecule has 7 heteroatoms. The largest absolute Gasteiger partial charge is 0.297 e. The molecule has 0 N–H and O–H groups in total. The van der Waals surface area contributed by atoms with Gasteiger partial charge in [-0.05, 0) is 30.3 Å². The van der Waals surface area contributed by atoms with E-state index in [0.717, 1.165) is 15.1 Å². The van der Waals surface area contributed by atoms with Crippen molar-refractivity contribution in [1.29, 1.82) is 5.26 Å². The van der Waals surface area contributed by atoms with Gasteiger partial charge in [0.15, 0.2) is 11.7 Å². The van der Waals surface area contributed by atoms with E-state index in [4.69, 9.17) is 23.2 Å². The number of carbonyl (C=O) groups is 1. The van der Waals surface area contributed by atoms with E-state index in [0.29, 0.717) is 15.1 Å². The van der Waals surface area contributed by atoms with Gasteiger partial charge in [0.05, 0.1) is 27.1 Å². The number of Topliss-reactive ketones (excluding diaryl/α,β-unsaturated/α-hetero) is 1. The number of carbonyl (C=O) groups excluding carboxylic acids is 1. The fraction of sp³-hybridized carbons (Fsp3) is 0.118. The van der Waals surface area contributed by atoms with Crippen LogP contribution in [0.5, 0.6) is 0 Å². The zero-order chi connectivity index (χ0) is 17.1. The Labute approximate surface area is 157 Å². The summed E-state index contributed by atoms with van der Waals surface area (Å²) < 4.78 is 0.964. The highest BCUT2D eigenvalue weighted by atomic mass is 35.5. The van der Waals surface area contributed by atoms with Crippen LogP contribution in [0.2, 0.25) is 10.0 Å². The number of hydrogen-bond donors (Lipinski definition) is 0. The maximum absolute atomic E-state index is 12.5. The topological polar surface area (TPSA) is 53.8 Å². The number of thioether (sulfide) groups is 1. The molecule has 3 nitrogen and oxygen atoms in total. The molecule has 0 bridgehead atoms. The molecule has 0 spiro atoms. The van der Waals surface area contributed by atoms with E-state index in [1.165, 1.54) is 23.1 Å². The molecule has 24 heavy (non-hydrogen) atoms. The first-order valence-corrected chi connectivity index (χ1v) is 9.50. The fourth-order valence-electron chi connectivity index (χ4n) is 2.10. The Kier molecular flexibility index (Phi) is 5.42. The predicted molar refractivity (Wildman–Crippen MR) is 100 cm³/mol. The number of halogens is 2. The van der Waals surface area contributed by atoms with Gasteiger partial charge in [0.2, 0.25) is 0 Å². The predicted octanol–water partition coefficient (Wildman–Crippen LogP) is 5.57. The lowest BCUT2D eigenvalue weighted by atomic mass is 10.1. The van der Waals surface area contributed by atoms with Gasteiger partial charge in [0, 0.05) is 9.92 Å². The summed E-state index contributed by atoms with van der Waals surface area (Å²) in [7, 11) is 0. The van der Waals surface area contributed by atoms with Crippen molar-refractivity contribution in [3.8, 4) is 6.07 Å². The number of aromatic nitrogens is 1. The third-order valence-electron chi connectivity index (χ3n) is 3.27. The first-order chi connectivity index (χ1) is 11.6. The molecule has 0 unspecified atom stereocenters. The van der Waals surface area contributed by atoms with Crippen LogP contribution in [0.1, 0.15) is 10.9 Å². The molecule has 0 radical (unpaired) electrons. The molecule has 1 aromatic heterocycles. The van der Waals surface area contributed by atoms with Crippen molar-refractivity contribution in [2.45, 2.75) is 10.8 Å². The van der Waals surface area contributed by atoms with Crippen LogP contribution < -0.4 is 0 Å². The van der Waals surface area contributed by atoms with Crippen LogP contribution in [0.4, 0.5) is 0 Å². The van der Waals surface area contributed by atoms with E-state index in [2.05, 4.69) is 11.1 Å². The van der Waals surface area contributed by atoms with Crippen LogP contribution in [0.25, 0.3) is 10.2 Å². The molecule has 1 atom stereocenters. The summed E-state index contributed by atoms with van der Waals surface area (Å²) in [6.45, 7) is 0. The summed E-state index contributed by atoms with van der Waals surface area (Å²) in [5.74, 6) is -0.931. The number of para-hydroxylation sites is 1. The number of ketones is 1. The number of hydrogen-bond acceptors (Lipinski definition) is 5. The second-order valence-electron chi connectivity index (χ2n) is 4.91. The van der Waals surface area contributed by atoms with E-state index in [9.17, 15) is 10.1 Å². The molecule has 3 rings (SSSR count). The van der Waals surface area contributed by atoms with Crippen molar-refractivity contribution >= 4 is 62.3 Å². The number of rotatable bonds is 5. The van der Waals surface area contributed by atoms with Crippen molar-refractivity contribution in [3.05, 3.63) is 57.5 Å². The number of benzene rings is 2. The molecule has 0 saturated carbocycles. The minimum Gasteiger partial charge on any atom is -0.297 e. The molecule has 1 heterocycles. The third kappa shape index (κ3) is 3.73. The van der Waals surface area contributed by atoms with Crippen LogP contribution in [-0.2, 0) is 4.79 Å². The average molecular weight is 393 g/mol. The normalized spacial score (nSPS) is 12.0. The maximum Gasteiger partial charge on any atom is 0.167 e. The summed E-state index contributed by atoms with van der Waals surface area (Å²) in [6, 6.07) is 14.7. The number of fused-ring (bicyclic) bond motifs is 1. The summed E-state index contributed by atoms with van der Waals surface area (Å²) in [5, 5.41) is 11.0. The van der Waals surface area contributed by atoms with Crippen molar-refractivity contribution in [2.75, 3.05) is 5.75 Å². The van der Waals surface area contributed by atoms with Gasteiger partial charge in [-0.2, -0.15) is 5.26 Å². The second kappa shape index (κ2) is 7.54. The Morgan fingerprint density at radius 1 is 1.29 bits per heavy atom. The van der Waals surface area contributed by atoms with Gasteiger partial charge >= 0.3 is 0 Å². The van der Waals surface area contributed by atoms with Crippen molar-refractivity contribution in [1.82, 2.24) is 4.98 Å². The monoisotopic (exact) mass is 392 g/mol. The number of nitrogens with zero attached hydrogens (tertiary/aromatic N) is 2. The SMILES string of the molecule is N#C[C@@H](C(=O)CSc1cc(Cl)ccc1Cl)c1nc2ccccc2s1. The molecule has 2 aromatic carbocycles. The first-order valence-electron chi connectivity index (χ1n) is 6.94. The van der Waals surface area contributed by atoms with Gasteiger partial charge in [-0.3, -0.25) is 4.79 Å². The maximum atomic E-state index is 12.5. The van der Waals surface area contributed by atoms with E-state index < -0.39 is 5.92 Å². The minimum atomic E-state index is -0.868. The zero-order valence-corrected chi connectivity index (χ0v) is 15.3. The van der Waals surface area contributed by atoms with Gasteiger partial charge in [0.25, 0.3) is 0 Å². The van der Waals surface area contributed by atoms with Crippen LogP contribution >= 0.6 is 46.3 Å².